The van der Waals surface area contributed by atoms with Gasteiger partial charge in [0, 0.05) is 44.3 Å². The van der Waals surface area contributed by atoms with Gasteiger partial charge < -0.3 is 9.47 Å². The van der Waals surface area contributed by atoms with Gasteiger partial charge in [0.2, 0.25) is 0 Å². The summed E-state index contributed by atoms with van der Waals surface area (Å²) < 4.78 is 2.47. The molecule has 9 aromatic carbocycles. The molecular weight excluding hydrogens is 689 g/mol. The molecule has 0 atom stereocenters. The van der Waals surface area contributed by atoms with Crippen LogP contribution in [-0.4, -0.2) is 4.57 Å². The lowest BCUT2D eigenvalue weighted by molar-refractivity contribution is 0.660. The first-order chi connectivity index (χ1) is 28.0. The average Bonchev–Trinajstić information content (AvgIpc) is 3.73. The number of nitrogens with zero attached hydrogens (tertiary/aromatic N) is 2. The number of hydrogen-bond acceptors (Lipinski definition) is 1. The molecule has 270 valence electrons. The Hall–Kier alpha value is -7.16. The van der Waals surface area contributed by atoms with Crippen molar-refractivity contribution in [1.82, 2.24) is 4.57 Å². The molecule has 1 aliphatic carbocycles. The summed E-state index contributed by atoms with van der Waals surface area (Å²) in [6.45, 7) is 4.70. The highest BCUT2D eigenvalue weighted by molar-refractivity contribution is 6.24. The van der Waals surface area contributed by atoms with Gasteiger partial charge in [0.25, 0.3) is 0 Å². The molecule has 0 spiro atoms. The molecule has 0 radical (unpaired) electrons. The highest BCUT2D eigenvalue weighted by atomic mass is 15.1. The number of fused-ring (bicyclic) bond motifs is 8. The van der Waals surface area contributed by atoms with Crippen LogP contribution < -0.4 is 4.90 Å². The Bertz CT molecular complexity index is 3120. The molecule has 1 aliphatic rings. The third-order valence-corrected chi connectivity index (χ3v) is 12.2. The van der Waals surface area contributed by atoms with Crippen molar-refractivity contribution in [2.75, 3.05) is 4.90 Å². The van der Waals surface area contributed by atoms with E-state index in [0.29, 0.717) is 0 Å². The Labute approximate surface area is 333 Å². The first-order valence-corrected chi connectivity index (χ1v) is 19.9. The fourth-order valence-corrected chi connectivity index (χ4v) is 9.41. The molecular formula is C55H40N2. The number of rotatable bonds is 6. The van der Waals surface area contributed by atoms with Gasteiger partial charge in [-0.15, -0.1) is 0 Å². The molecule has 0 fully saturated rings. The summed E-state index contributed by atoms with van der Waals surface area (Å²) in [5.74, 6) is 0. The summed E-state index contributed by atoms with van der Waals surface area (Å²) >= 11 is 0. The van der Waals surface area contributed by atoms with Crippen molar-refractivity contribution >= 4 is 49.6 Å². The first kappa shape index (κ1) is 33.2. The Morgan fingerprint density at radius 1 is 0.404 bits per heavy atom. The second kappa shape index (κ2) is 13.0. The van der Waals surface area contributed by atoms with Crippen LogP contribution in [-0.2, 0) is 5.41 Å². The van der Waals surface area contributed by atoms with Gasteiger partial charge in [-0.3, -0.25) is 0 Å². The second-order valence-electron chi connectivity index (χ2n) is 15.8. The smallest absolute Gasteiger partial charge is 0.0625 e. The van der Waals surface area contributed by atoms with E-state index in [1.807, 2.05) is 0 Å². The molecule has 2 nitrogen and oxygen atoms in total. The lowest BCUT2D eigenvalue weighted by atomic mass is 9.82. The van der Waals surface area contributed by atoms with E-state index in [9.17, 15) is 0 Å². The number of anilines is 3. The van der Waals surface area contributed by atoms with Crippen molar-refractivity contribution in [3.8, 4) is 39.1 Å². The SMILES string of the molecule is CC1(C)c2ccccc2-c2ccc(N(c3ccccc3)c3ccc(-c4ccc5c6c(-c7ccccc7)cc7ccccc7c6n(-c6ccccc6)c5c4)cc3)cc21. The van der Waals surface area contributed by atoms with Crippen molar-refractivity contribution in [2.45, 2.75) is 19.3 Å². The molecule has 0 bridgehead atoms. The Morgan fingerprint density at radius 2 is 1.02 bits per heavy atom. The van der Waals surface area contributed by atoms with Crippen LogP contribution in [0.5, 0.6) is 0 Å². The Kier molecular flexibility index (Phi) is 7.55. The molecule has 0 unspecified atom stereocenters. The molecule has 0 N–H and O–H groups in total. The summed E-state index contributed by atoms with van der Waals surface area (Å²) in [5.41, 5.74) is 17.2. The van der Waals surface area contributed by atoms with Crippen molar-refractivity contribution in [3.63, 3.8) is 0 Å². The average molecular weight is 729 g/mol. The minimum atomic E-state index is -0.0802. The van der Waals surface area contributed by atoms with E-state index in [4.69, 9.17) is 0 Å². The highest BCUT2D eigenvalue weighted by Crippen LogP contribution is 2.51. The van der Waals surface area contributed by atoms with Crippen LogP contribution in [0.1, 0.15) is 25.0 Å². The van der Waals surface area contributed by atoms with E-state index in [1.54, 1.807) is 0 Å². The van der Waals surface area contributed by atoms with Crippen LogP contribution in [0, 0.1) is 0 Å². The summed E-state index contributed by atoms with van der Waals surface area (Å²) in [6, 6.07) is 75.5. The van der Waals surface area contributed by atoms with Crippen LogP contribution >= 0.6 is 0 Å². The molecule has 0 saturated carbocycles. The van der Waals surface area contributed by atoms with Crippen molar-refractivity contribution < 1.29 is 0 Å². The maximum absolute atomic E-state index is 2.47. The first-order valence-electron chi connectivity index (χ1n) is 19.9. The Morgan fingerprint density at radius 3 is 1.81 bits per heavy atom. The van der Waals surface area contributed by atoms with Crippen molar-refractivity contribution in [3.05, 3.63) is 217 Å². The quantitative estimate of drug-likeness (QED) is 0.165. The van der Waals surface area contributed by atoms with Crippen LogP contribution in [0.25, 0.3) is 71.6 Å². The van der Waals surface area contributed by atoms with Gasteiger partial charge in [-0.25, -0.2) is 0 Å². The maximum Gasteiger partial charge on any atom is 0.0625 e. The van der Waals surface area contributed by atoms with Crippen LogP contribution in [0.4, 0.5) is 17.1 Å². The summed E-state index contributed by atoms with van der Waals surface area (Å²) in [4.78, 5) is 2.38. The fourth-order valence-electron chi connectivity index (χ4n) is 9.41. The molecule has 1 heterocycles. The number of para-hydroxylation sites is 2. The zero-order valence-corrected chi connectivity index (χ0v) is 32.0. The second-order valence-corrected chi connectivity index (χ2v) is 15.8. The summed E-state index contributed by atoms with van der Waals surface area (Å²) in [5, 5.41) is 5.01. The van der Waals surface area contributed by atoms with Gasteiger partial charge in [0.05, 0.1) is 11.0 Å². The highest BCUT2D eigenvalue weighted by Gasteiger charge is 2.35. The van der Waals surface area contributed by atoms with Crippen molar-refractivity contribution in [2.24, 2.45) is 0 Å². The predicted molar refractivity (Wildman–Crippen MR) is 241 cm³/mol. The largest absolute Gasteiger partial charge is 0.310 e. The van der Waals surface area contributed by atoms with E-state index in [0.717, 1.165) is 22.7 Å². The maximum atomic E-state index is 2.47. The zero-order chi connectivity index (χ0) is 38.1. The van der Waals surface area contributed by atoms with Crippen LogP contribution in [0.3, 0.4) is 0 Å². The van der Waals surface area contributed by atoms with Crippen LogP contribution in [0.15, 0.2) is 206 Å². The number of hydrogen-bond donors (Lipinski definition) is 0. The third kappa shape index (κ3) is 5.25. The van der Waals surface area contributed by atoms with Gasteiger partial charge in [0.1, 0.15) is 0 Å². The normalized spacial score (nSPS) is 12.9. The third-order valence-electron chi connectivity index (χ3n) is 12.2. The molecule has 0 saturated heterocycles. The van der Waals surface area contributed by atoms with Crippen LogP contribution in [0.2, 0.25) is 0 Å². The topological polar surface area (TPSA) is 8.17 Å². The van der Waals surface area contributed by atoms with Crippen molar-refractivity contribution in [1.29, 1.82) is 0 Å². The Balaban J connectivity index is 1.07. The number of benzene rings is 9. The molecule has 57 heavy (non-hydrogen) atoms. The van der Waals surface area contributed by atoms with Gasteiger partial charge in [-0.2, -0.15) is 0 Å². The summed E-state index contributed by atoms with van der Waals surface area (Å²) in [6.07, 6.45) is 0. The van der Waals surface area contributed by atoms with Gasteiger partial charge in [-0.1, -0.05) is 159 Å². The molecule has 11 rings (SSSR count). The van der Waals surface area contributed by atoms with E-state index < -0.39 is 0 Å². The number of aromatic nitrogens is 1. The minimum absolute atomic E-state index is 0.0802. The minimum Gasteiger partial charge on any atom is -0.310 e. The molecule has 10 aromatic rings. The van der Waals surface area contributed by atoms with E-state index in [-0.39, 0.29) is 5.41 Å². The van der Waals surface area contributed by atoms with E-state index in [1.165, 1.54) is 77.1 Å². The molecule has 2 heteroatoms. The predicted octanol–water partition coefficient (Wildman–Crippen LogP) is 15.0. The van der Waals surface area contributed by atoms with Gasteiger partial charge >= 0.3 is 0 Å². The lowest BCUT2D eigenvalue weighted by Crippen LogP contribution is -2.16. The lowest BCUT2D eigenvalue weighted by Gasteiger charge is -2.28. The standard InChI is InChI=1S/C55H40N2/c1-55(2)50-25-15-14-24-46(50)47-33-31-44(36-51(47)55)56(41-19-8-4-9-20-41)43-29-26-37(27-30-43)39-28-32-48-52(35-39)57(42-21-10-5-11-22-42)54-45-23-13-12-18-40(45)34-49(53(48)54)38-16-6-3-7-17-38/h3-36H,1-2H3. The monoisotopic (exact) mass is 728 g/mol. The van der Waals surface area contributed by atoms with Gasteiger partial charge in [-0.05, 0) is 111 Å². The molecule has 0 aliphatic heterocycles. The van der Waals surface area contributed by atoms with E-state index >= 15 is 0 Å². The molecule has 0 amide bonds. The fraction of sp³-hybridized carbons (Fsp3) is 0.0545. The van der Waals surface area contributed by atoms with E-state index in [2.05, 4.69) is 230 Å². The summed E-state index contributed by atoms with van der Waals surface area (Å²) in [7, 11) is 0. The van der Waals surface area contributed by atoms with Gasteiger partial charge in [0.15, 0.2) is 0 Å². The molecule has 1 aromatic heterocycles. The zero-order valence-electron chi connectivity index (χ0n) is 32.0.